The molecule has 1 aromatic rings. The van der Waals surface area contributed by atoms with Gasteiger partial charge in [-0.15, -0.1) is 0 Å². The lowest BCUT2D eigenvalue weighted by molar-refractivity contribution is 0.187. The molecule has 0 spiro atoms. The van der Waals surface area contributed by atoms with E-state index in [4.69, 9.17) is 0 Å². The summed E-state index contributed by atoms with van der Waals surface area (Å²) >= 11 is 0. The summed E-state index contributed by atoms with van der Waals surface area (Å²) in [5.41, 5.74) is 1.70. The number of halogens is 1. The van der Waals surface area contributed by atoms with Crippen LogP contribution in [0.5, 0.6) is 0 Å². The summed E-state index contributed by atoms with van der Waals surface area (Å²) < 4.78 is 13.3. The van der Waals surface area contributed by atoms with Crippen molar-refractivity contribution >= 4 is 5.96 Å². The molecular weight excluding hydrogens is 315 g/mol. The largest absolute Gasteiger partial charge is 0.357 e. The number of nitrogens with one attached hydrogen (secondary N) is 2. The van der Waals surface area contributed by atoms with Gasteiger partial charge in [0.25, 0.3) is 0 Å². The molecule has 1 aliphatic rings. The van der Waals surface area contributed by atoms with Crippen LogP contribution in [0.1, 0.15) is 44.2 Å². The molecule has 5 heteroatoms. The molecular formula is C20H33FN4. The summed E-state index contributed by atoms with van der Waals surface area (Å²) in [4.78, 5) is 7.15. The van der Waals surface area contributed by atoms with Crippen molar-refractivity contribution in [2.75, 3.05) is 32.7 Å². The van der Waals surface area contributed by atoms with E-state index in [1.165, 1.54) is 45.0 Å². The van der Waals surface area contributed by atoms with Crippen LogP contribution in [0, 0.1) is 18.7 Å². The second-order valence-corrected chi connectivity index (χ2v) is 6.87. The van der Waals surface area contributed by atoms with Crippen LogP contribution in [0.4, 0.5) is 4.39 Å². The number of benzene rings is 1. The Hall–Kier alpha value is -1.62. The van der Waals surface area contributed by atoms with Crippen LogP contribution in [0.2, 0.25) is 0 Å². The maximum atomic E-state index is 13.3. The predicted octanol–water partition coefficient (Wildman–Crippen LogP) is 3.31. The van der Waals surface area contributed by atoms with Gasteiger partial charge in [0.05, 0.1) is 6.54 Å². The number of piperidine rings is 1. The molecule has 0 aromatic heterocycles. The molecule has 0 saturated carbocycles. The number of aliphatic imine (C=N–C) groups is 1. The van der Waals surface area contributed by atoms with Gasteiger partial charge in [-0.1, -0.05) is 19.1 Å². The molecule has 0 amide bonds. The number of nitrogens with zero attached hydrogens (tertiary/aromatic N) is 2. The zero-order valence-electron chi connectivity index (χ0n) is 15.9. The highest BCUT2D eigenvalue weighted by Crippen LogP contribution is 2.19. The Bertz CT molecular complexity index is 551. The molecule has 0 atom stereocenters. The molecule has 0 aliphatic carbocycles. The fourth-order valence-corrected chi connectivity index (χ4v) is 3.30. The van der Waals surface area contributed by atoms with Crippen LogP contribution in [0.15, 0.2) is 23.2 Å². The van der Waals surface area contributed by atoms with Gasteiger partial charge in [-0.2, -0.15) is 0 Å². The molecule has 1 aliphatic heterocycles. The number of rotatable bonds is 7. The first kappa shape index (κ1) is 19.7. The highest BCUT2D eigenvalue weighted by atomic mass is 19.1. The van der Waals surface area contributed by atoms with Gasteiger partial charge < -0.3 is 15.5 Å². The molecule has 2 N–H and O–H groups in total. The lowest BCUT2D eigenvalue weighted by atomic mass is 9.93. The van der Waals surface area contributed by atoms with Crippen molar-refractivity contribution in [3.8, 4) is 0 Å². The van der Waals surface area contributed by atoms with Crippen molar-refractivity contribution in [2.45, 2.75) is 46.6 Å². The Morgan fingerprint density at radius 3 is 2.64 bits per heavy atom. The molecule has 1 fully saturated rings. The van der Waals surface area contributed by atoms with Gasteiger partial charge in [-0.25, -0.2) is 9.38 Å². The third-order valence-electron chi connectivity index (χ3n) is 4.99. The van der Waals surface area contributed by atoms with Crippen LogP contribution in [0.25, 0.3) is 0 Å². The number of hydrogen-bond acceptors (Lipinski definition) is 2. The zero-order chi connectivity index (χ0) is 18.1. The van der Waals surface area contributed by atoms with Crippen molar-refractivity contribution < 1.29 is 4.39 Å². The molecule has 0 bridgehead atoms. The monoisotopic (exact) mass is 348 g/mol. The van der Waals surface area contributed by atoms with E-state index in [0.29, 0.717) is 12.1 Å². The Morgan fingerprint density at radius 2 is 2.00 bits per heavy atom. The van der Waals surface area contributed by atoms with Gasteiger partial charge >= 0.3 is 0 Å². The minimum absolute atomic E-state index is 0.160. The quantitative estimate of drug-likeness (QED) is 0.587. The summed E-state index contributed by atoms with van der Waals surface area (Å²) in [6.45, 7) is 12.1. The van der Waals surface area contributed by atoms with E-state index < -0.39 is 0 Å². The second kappa shape index (κ2) is 10.4. The van der Waals surface area contributed by atoms with E-state index in [0.717, 1.165) is 30.5 Å². The fourth-order valence-electron chi connectivity index (χ4n) is 3.30. The van der Waals surface area contributed by atoms with Crippen molar-refractivity contribution in [1.82, 2.24) is 15.5 Å². The van der Waals surface area contributed by atoms with E-state index in [-0.39, 0.29) is 5.82 Å². The van der Waals surface area contributed by atoms with Crippen LogP contribution < -0.4 is 10.6 Å². The molecule has 1 saturated heterocycles. The summed E-state index contributed by atoms with van der Waals surface area (Å²) in [5.74, 6) is 1.50. The van der Waals surface area contributed by atoms with Gasteiger partial charge in [0, 0.05) is 13.1 Å². The number of hydrogen-bond donors (Lipinski definition) is 2. The highest BCUT2D eigenvalue weighted by Gasteiger charge is 2.17. The lowest BCUT2D eigenvalue weighted by Gasteiger charge is -2.31. The molecule has 0 radical (unpaired) electrons. The standard InChI is InChI=1S/C20H33FN4/c1-4-22-20(24-15-18-6-7-19(21)16(3)14-18)23-11-8-17-9-12-25(5-2)13-10-17/h6-7,14,17H,4-5,8-13,15H2,1-3H3,(H2,22,23,24). The van der Waals surface area contributed by atoms with Crippen molar-refractivity contribution in [2.24, 2.45) is 10.9 Å². The summed E-state index contributed by atoms with van der Waals surface area (Å²) in [7, 11) is 0. The first-order chi connectivity index (χ1) is 12.1. The van der Waals surface area contributed by atoms with Crippen LogP contribution in [0.3, 0.4) is 0 Å². The third kappa shape index (κ3) is 6.65. The Balaban J connectivity index is 1.78. The molecule has 1 heterocycles. The van der Waals surface area contributed by atoms with Crippen LogP contribution in [-0.2, 0) is 6.54 Å². The molecule has 4 nitrogen and oxygen atoms in total. The van der Waals surface area contributed by atoms with Crippen LogP contribution >= 0.6 is 0 Å². The second-order valence-electron chi connectivity index (χ2n) is 6.87. The molecule has 140 valence electrons. The fraction of sp³-hybridized carbons (Fsp3) is 0.650. The van der Waals surface area contributed by atoms with Crippen LogP contribution in [-0.4, -0.2) is 43.6 Å². The lowest BCUT2D eigenvalue weighted by Crippen LogP contribution is -2.39. The van der Waals surface area contributed by atoms with Gasteiger partial charge in [-0.05, 0) is 75.9 Å². The Kier molecular flexibility index (Phi) is 8.19. The molecule has 1 aromatic carbocycles. The van der Waals surface area contributed by atoms with E-state index >= 15 is 0 Å². The average Bonchev–Trinajstić information content (AvgIpc) is 2.63. The van der Waals surface area contributed by atoms with Gasteiger partial charge in [0.15, 0.2) is 5.96 Å². The van der Waals surface area contributed by atoms with Crippen molar-refractivity contribution in [1.29, 1.82) is 0 Å². The zero-order valence-corrected chi connectivity index (χ0v) is 15.9. The van der Waals surface area contributed by atoms with Gasteiger partial charge in [0.1, 0.15) is 5.82 Å². The molecule has 25 heavy (non-hydrogen) atoms. The van der Waals surface area contributed by atoms with Crippen molar-refractivity contribution in [3.63, 3.8) is 0 Å². The first-order valence-electron chi connectivity index (χ1n) is 9.62. The number of aryl methyl sites for hydroxylation is 1. The van der Waals surface area contributed by atoms with E-state index in [1.54, 1.807) is 13.0 Å². The summed E-state index contributed by atoms with van der Waals surface area (Å²) in [6.07, 6.45) is 3.80. The van der Waals surface area contributed by atoms with E-state index in [1.807, 2.05) is 6.07 Å². The minimum atomic E-state index is -0.160. The Morgan fingerprint density at radius 1 is 1.24 bits per heavy atom. The molecule has 2 rings (SSSR count). The van der Waals surface area contributed by atoms with Crippen molar-refractivity contribution in [3.05, 3.63) is 35.1 Å². The van der Waals surface area contributed by atoms with Gasteiger partial charge in [-0.3, -0.25) is 0 Å². The minimum Gasteiger partial charge on any atom is -0.357 e. The number of guanidine groups is 1. The topological polar surface area (TPSA) is 39.7 Å². The SMILES string of the molecule is CCNC(=NCc1ccc(F)c(C)c1)NCCC1CCN(CC)CC1. The maximum Gasteiger partial charge on any atom is 0.191 e. The predicted molar refractivity (Wildman–Crippen MR) is 103 cm³/mol. The Labute approximate surface area is 151 Å². The van der Waals surface area contributed by atoms with Gasteiger partial charge in [0.2, 0.25) is 0 Å². The highest BCUT2D eigenvalue weighted by molar-refractivity contribution is 5.79. The summed E-state index contributed by atoms with van der Waals surface area (Å²) in [5, 5.41) is 6.73. The molecule has 0 unspecified atom stereocenters. The third-order valence-corrected chi connectivity index (χ3v) is 4.99. The smallest absolute Gasteiger partial charge is 0.191 e. The van der Waals surface area contributed by atoms with E-state index in [2.05, 4.69) is 34.4 Å². The average molecular weight is 349 g/mol. The maximum absolute atomic E-state index is 13.3. The summed E-state index contributed by atoms with van der Waals surface area (Å²) in [6, 6.07) is 5.18. The first-order valence-corrected chi connectivity index (χ1v) is 9.62. The normalized spacial score (nSPS) is 16.9. The van der Waals surface area contributed by atoms with E-state index in [9.17, 15) is 4.39 Å². The number of likely N-dealkylation sites (tertiary alicyclic amines) is 1.